The van der Waals surface area contributed by atoms with Crippen LogP contribution in [-0.2, 0) is 36.5 Å². The fourth-order valence-electron chi connectivity index (χ4n) is 0.285. The van der Waals surface area contributed by atoms with Gasteiger partial charge in [0, 0.05) is 48.1 Å². The van der Waals surface area contributed by atoms with Gasteiger partial charge in [-0.05, 0) is 0 Å². The van der Waals surface area contributed by atoms with E-state index >= 15 is 0 Å². The van der Waals surface area contributed by atoms with Gasteiger partial charge in [-0.2, -0.15) is 0 Å². The van der Waals surface area contributed by atoms with Crippen LogP contribution in [0.5, 0.6) is 0 Å². The summed E-state index contributed by atoms with van der Waals surface area (Å²) in [7, 11) is 0. The zero-order valence-electron chi connectivity index (χ0n) is 6.29. The van der Waals surface area contributed by atoms with E-state index in [0.29, 0.717) is 8.64 Å². The van der Waals surface area contributed by atoms with Gasteiger partial charge in [0.25, 0.3) is 0 Å². The monoisotopic (exact) mass is 331 g/mol. The molecule has 0 unspecified atom stereocenters. The van der Waals surface area contributed by atoms with E-state index in [1.807, 2.05) is 0 Å². The smallest absolute Gasteiger partial charge is 0.131 e. The Morgan fingerprint density at radius 2 is 1.25 bits per heavy atom. The second-order valence-electron chi connectivity index (χ2n) is 1.33. The van der Waals surface area contributed by atoms with Crippen molar-refractivity contribution in [2.75, 3.05) is 11.5 Å². The van der Waals surface area contributed by atoms with E-state index in [-0.39, 0.29) is 36.5 Å². The van der Waals surface area contributed by atoms with Crippen LogP contribution in [0.4, 0.5) is 0 Å². The van der Waals surface area contributed by atoms with E-state index in [9.17, 15) is 0 Å². The Morgan fingerprint density at radius 3 is 1.42 bits per heavy atom. The molecule has 0 rings (SSSR count). The summed E-state index contributed by atoms with van der Waals surface area (Å²) in [5.74, 6) is 1.74. The number of thiocarbonyl (C=S) groups is 2. The summed E-state index contributed by atoms with van der Waals surface area (Å²) in [6.07, 6.45) is 0. The number of nitrogens with two attached hydrogens (primary N) is 2. The Balaban J connectivity index is -0.000000405. The topological polar surface area (TPSA) is 52.0 Å². The molecule has 0 atom stereocenters. The van der Waals surface area contributed by atoms with E-state index < -0.39 is 0 Å². The molecule has 0 saturated heterocycles. The number of thioether (sulfide) groups is 2. The molecule has 1 radical (unpaired) electrons. The van der Waals surface area contributed by atoms with Crippen molar-refractivity contribution >= 4 is 56.6 Å². The van der Waals surface area contributed by atoms with Gasteiger partial charge in [0.15, 0.2) is 0 Å². The maximum Gasteiger partial charge on any atom is 0.131 e. The SMILES string of the molecule is NC(=S)SCCSC(N)=S.[Mn].[Zn]. The number of hydrogen-bond acceptors (Lipinski definition) is 4. The second-order valence-corrected chi connectivity index (χ2v) is 5.00. The molecule has 4 N–H and O–H groups in total. The minimum absolute atomic E-state index is 0. The molecule has 0 aliphatic rings. The van der Waals surface area contributed by atoms with Gasteiger partial charge in [0.05, 0.1) is 0 Å². The van der Waals surface area contributed by atoms with Gasteiger partial charge in [0.2, 0.25) is 0 Å². The van der Waals surface area contributed by atoms with Crippen molar-refractivity contribution < 1.29 is 36.5 Å². The normalized spacial score (nSPS) is 7.67. The van der Waals surface area contributed by atoms with E-state index in [2.05, 4.69) is 24.4 Å². The maximum absolute atomic E-state index is 5.23. The van der Waals surface area contributed by atoms with Gasteiger partial charge >= 0.3 is 0 Å². The van der Waals surface area contributed by atoms with Crippen LogP contribution in [0.3, 0.4) is 0 Å². The van der Waals surface area contributed by atoms with Crippen LogP contribution in [-0.4, -0.2) is 20.1 Å². The molecule has 8 heteroatoms. The summed E-state index contributed by atoms with van der Waals surface area (Å²) >= 11 is 12.2. The summed E-state index contributed by atoms with van der Waals surface area (Å²) in [5.41, 5.74) is 10.5. The third-order valence-electron chi connectivity index (χ3n) is 0.572. The third kappa shape index (κ3) is 17.6. The van der Waals surface area contributed by atoms with E-state index in [0.717, 1.165) is 11.5 Å². The minimum atomic E-state index is 0. The molecule has 0 amide bonds. The maximum atomic E-state index is 5.23. The molecular formula is C4H8MnN2S4Zn. The van der Waals surface area contributed by atoms with Gasteiger partial charge in [-0.15, -0.1) is 0 Å². The first-order chi connectivity index (χ1) is 4.63. The van der Waals surface area contributed by atoms with Gasteiger partial charge in [-0.1, -0.05) is 48.0 Å². The Kier molecular flexibility index (Phi) is 20.2. The first-order valence-electron chi connectivity index (χ1n) is 2.47. The van der Waals surface area contributed by atoms with Crippen LogP contribution >= 0.6 is 48.0 Å². The fourth-order valence-corrected chi connectivity index (χ4v) is 1.85. The van der Waals surface area contributed by atoms with Crippen LogP contribution in [0.15, 0.2) is 0 Å². The zero-order chi connectivity index (χ0) is 7.98. The van der Waals surface area contributed by atoms with Crippen LogP contribution < -0.4 is 11.5 Å². The standard InChI is InChI=1S/C4H8N2S4.Mn.Zn/c5-3(7)9-1-2-10-4(6)8;;/h1-2H2,(H2,5,7)(H2,6,8);;. The zero-order valence-corrected chi connectivity index (χ0v) is 13.7. The molecule has 0 aromatic heterocycles. The van der Waals surface area contributed by atoms with Crippen molar-refractivity contribution in [3.8, 4) is 0 Å². The first kappa shape index (κ1) is 19.2. The van der Waals surface area contributed by atoms with E-state index in [4.69, 9.17) is 11.5 Å². The summed E-state index contributed by atoms with van der Waals surface area (Å²) < 4.78 is 0.951. The molecule has 67 valence electrons. The molecule has 0 heterocycles. The summed E-state index contributed by atoms with van der Waals surface area (Å²) in [5, 5.41) is 0. The summed E-state index contributed by atoms with van der Waals surface area (Å²) in [6.45, 7) is 0. The third-order valence-corrected chi connectivity index (χ3v) is 2.92. The van der Waals surface area contributed by atoms with Crippen LogP contribution in [0.25, 0.3) is 0 Å². The summed E-state index contributed by atoms with van der Waals surface area (Å²) in [4.78, 5) is 0. The molecule has 0 spiro atoms. The van der Waals surface area contributed by atoms with Crippen molar-refractivity contribution in [3.05, 3.63) is 0 Å². The van der Waals surface area contributed by atoms with Crippen LogP contribution in [0.2, 0.25) is 0 Å². The molecule has 0 aromatic rings. The molecule has 0 saturated carbocycles. The Hall–Kier alpha value is 1.62. The molecule has 0 aromatic carbocycles. The predicted molar refractivity (Wildman–Crippen MR) is 58.5 cm³/mol. The quantitative estimate of drug-likeness (QED) is 0.456. The second kappa shape index (κ2) is 12.6. The molecule has 0 aliphatic carbocycles. The number of hydrogen-bond donors (Lipinski definition) is 2. The van der Waals surface area contributed by atoms with Crippen LogP contribution in [0.1, 0.15) is 0 Å². The largest absolute Gasteiger partial charge is 0.385 e. The van der Waals surface area contributed by atoms with Gasteiger partial charge < -0.3 is 11.5 Å². The Bertz CT molecular complexity index is 129. The number of rotatable bonds is 3. The fraction of sp³-hybridized carbons (Fsp3) is 0.500. The average Bonchev–Trinajstić information content (AvgIpc) is 1.79. The molecule has 12 heavy (non-hydrogen) atoms. The Morgan fingerprint density at radius 1 is 1.00 bits per heavy atom. The van der Waals surface area contributed by atoms with Crippen molar-refractivity contribution in [2.24, 2.45) is 11.5 Å². The Labute approximate surface area is 115 Å². The van der Waals surface area contributed by atoms with Crippen LogP contribution in [0, 0.1) is 0 Å². The predicted octanol–water partition coefficient (Wildman–Crippen LogP) is 0.935. The molecular weight excluding hydrogens is 325 g/mol. The van der Waals surface area contributed by atoms with Crippen molar-refractivity contribution in [1.29, 1.82) is 0 Å². The molecule has 0 bridgehead atoms. The molecule has 0 aliphatic heterocycles. The molecule has 0 fully saturated rings. The van der Waals surface area contributed by atoms with Gasteiger partial charge in [-0.25, -0.2) is 0 Å². The average molecular weight is 333 g/mol. The van der Waals surface area contributed by atoms with Crippen molar-refractivity contribution in [3.63, 3.8) is 0 Å². The van der Waals surface area contributed by atoms with Gasteiger partial charge in [-0.3, -0.25) is 0 Å². The first-order valence-corrected chi connectivity index (χ1v) is 5.26. The van der Waals surface area contributed by atoms with E-state index in [1.54, 1.807) is 0 Å². The van der Waals surface area contributed by atoms with Crippen molar-refractivity contribution in [2.45, 2.75) is 0 Å². The summed E-state index contributed by atoms with van der Waals surface area (Å²) in [6, 6.07) is 0. The van der Waals surface area contributed by atoms with Gasteiger partial charge in [0.1, 0.15) is 8.64 Å². The van der Waals surface area contributed by atoms with E-state index in [1.165, 1.54) is 23.5 Å². The van der Waals surface area contributed by atoms with Crippen molar-refractivity contribution in [1.82, 2.24) is 0 Å². The molecule has 2 nitrogen and oxygen atoms in total. The minimum Gasteiger partial charge on any atom is -0.385 e.